The molecule has 2 N–H and O–H groups in total. The quantitative estimate of drug-likeness (QED) is 0.372. The molecule has 0 atom stereocenters. The molecule has 0 spiro atoms. The molecule has 1 fully saturated rings. The molecule has 0 aliphatic carbocycles. The molecule has 0 bridgehead atoms. The average molecular weight is 503 g/mol. The summed E-state index contributed by atoms with van der Waals surface area (Å²) in [6.45, 7) is 7.37. The Kier molecular flexibility index (Phi) is 8.49. The molecule has 2 heterocycles. The number of oxazole rings is 1. The summed E-state index contributed by atoms with van der Waals surface area (Å²) < 4.78 is 25.3. The third kappa shape index (κ3) is 5.81. The topological polar surface area (TPSA) is 74.9 Å². The second kappa shape index (κ2) is 10.6. The van der Waals surface area contributed by atoms with Gasteiger partial charge in [0, 0.05) is 26.7 Å². The first kappa shape index (κ1) is 22.4. The summed E-state index contributed by atoms with van der Waals surface area (Å²) in [5.74, 6) is 1.80. The minimum atomic E-state index is -0.218. The number of morpholine rings is 1. The lowest BCUT2D eigenvalue weighted by Crippen LogP contribution is -2.37. The fourth-order valence-electron chi connectivity index (χ4n) is 2.90. The van der Waals surface area contributed by atoms with Crippen LogP contribution in [0, 0.1) is 19.7 Å². The van der Waals surface area contributed by atoms with Crippen LogP contribution in [0.15, 0.2) is 27.6 Å². The highest BCUT2D eigenvalue weighted by molar-refractivity contribution is 14.0. The minimum Gasteiger partial charge on any atom is -0.444 e. The second-order valence-corrected chi connectivity index (χ2v) is 6.41. The van der Waals surface area contributed by atoms with Gasteiger partial charge in [0.1, 0.15) is 11.6 Å². The highest BCUT2D eigenvalue weighted by Gasteiger charge is 2.15. The highest BCUT2D eigenvalue weighted by atomic mass is 127. The molecule has 0 radical (unpaired) electrons. The van der Waals surface area contributed by atoms with Crippen molar-refractivity contribution in [1.82, 2.24) is 15.6 Å². The van der Waals surface area contributed by atoms with Gasteiger partial charge in [0.15, 0.2) is 5.96 Å². The predicted octanol–water partition coefficient (Wildman–Crippen LogP) is 2.75. The number of benzene rings is 1. The molecule has 3 rings (SSSR count). The van der Waals surface area contributed by atoms with Crippen molar-refractivity contribution in [3.8, 4) is 0 Å². The molecule has 154 valence electrons. The number of aliphatic imine (C=N–C) groups is 1. The minimum absolute atomic E-state index is 0. The van der Waals surface area contributed by atoms with Crippen molar-refractivity contribution in [2.24, 2.45) is 4.99 Å². The molecule has 7 nitrogen and oxygen atoms in total. The fraction of sp³-hybridized carbons (Fsp3) is 0.474. The number of nitrogens with zero attached hydrogens (tertiary/aromatic N) is 3. The Labute approximate surface area is 181 Å². The molecule has 1 aliphatic rings. The van der Waals surface area contributed by atoms with Crippen molar-refractivity contribution in [2.75, 3.05) is 38.3 Å². The number of hydrogen-bond donors (Lipinski definition) is 2. The van der Waals surface area contributed by atoms with E-state index >= 15 is 0 Å². The zero-order valence-electron chi connectivity index (χ0n) is 16.4. The number of aryl methyl sites for hydroxylation is 2. The molecule has 28 heavy (non-hydrogen) atoms. The van der Waals surface area contributed by atoms with Crippen molar-refractivity contribution in [3.05, 3.63) is 46.9 Å². The van der Waals surface area contributed by atoms with Crippen LogP contribution in [0.25, 0.3) is 0 Å². The molecular weight excluding hydrogens is 476 g/mol. The summed E-state index contributed by atoms with van der Waals surface area (Å²) in [6, 6.07) is 5.31. The number of nitrogens with one attached hydrogen (secondary N) is 2. The Morgan fingerprint density at radius 2 is 1.93 bits per heavy atom. The maximum Gasteiger partial charge on any atom is 0.214 e. The second-order valence-electron chi connectivity index (χ2n) is 6.41. The van der Waals surface area contributed by atoms with E-state index < -0.39 is 0 Å². The van der Waals surface area contributed by atoms with E-state index in [0.717, 1.165) is 17.0 Å². The molecule has 1 saturated heterocycles. The number of anilines is 1. The van der Waals surface area contributed by atoms with E-state index in [1.54, 1.807) is 13.1 Å². The van der Waals surface area contributed by atoms with E-state index in [-0.39, 0.29) is 29.8 Å². The van der Waals surface area contributed by atoms with Gasteiger partial charge in [0.05, 0.1) is 31.1 Å². The van der Waals surface area contributed by atoms with E-state index in [4.69, 9.17) is 9.15 Å². The average Bonchev–Trinajstić information content (AvgIpc) is 3.00. The summed E-state index contributed by atoms with van der Waals surface area (Å²) in [5.41, 5.74) is 2.35. The van der Waals surface area contributed by atoms with Crippen molar-refractivity contribution >= 4 is 35.6 Å². The first-order valence-electron chi connectivity index (χ1n) is 9.05. The molecule has 0 amide bonds. The monoisotopic (exact) mass is 503 g/mol. The molecule has 1 aromatic carbocycles. The maximum absolute atomic E-state index is 14.5. The van der Waals surface area contributed by atoms with Crippen LogP contribution in [0.3, 0.4) is 0 Å². The van der Waals surface area contributed by atoms with Crippen molar-refractivity contribution in [2.45, 2.75) is 26.9 Å². The highest BCUT2D eigenvalue weighted by Crippen LogP contribution is 2.21. The first-order chi connectivity index (χ1) is 13.1. The van der Waals surface area contributed by atoms with Crippen LogP contribution >= 0.6 is 24.0 Å². The van der Waals surface area contributed by atoms with Crippen LogP contribution in [0.4, 0.5) is 10.1 Å². The van der Waals surface area contributed by atoms with E-state index in [1.807, 2.05) is 30.9 Å². The van der Waals surface area contributed by atoms with Gasteiger partial charge >= 0.3 is 0 Å². The van der Waals surface area contributed by atoms with Gasteiger partial charge < -0.3 is 24.7 Å². The standard InChI is InChI=1S/C19H26FN5O2.HI/c1-13-14(2)27-18(24-13)12-23-19(21-3)22-11-15-4-5-17(16(20)10-15)25-6-8-26-9-7-25;/h4-5,10H,6-9,11-12H2,1-3H3,(H2,21,22,23);1H. The van der Waals surface area contributed by atoms with Gasteiger partial charge in [-0.15, -0.1) is 24.0 Å². The molecule has 2 aromatic rings. The van der Waals surface area contributed by atoms with Gasteiger partial charge in [-0.3, -0.25) is 4.99 Å². The van der Waals surface area contributed by atoms with Gasteiger partial charge in [0.2, 0.25) is 5.89 Å². The Balaban J connectivity index is 0.00000280. The van der Waals surface area contributed by atoms with Crippen LogP contribution in [0.2, 0.25) is 0 Å². The predicted molar refractivity (Wildman–Crippen MR) is 118 cm³/mol. The van der Waals surface area contributed by atoms with Crippen molar-refractivity contribution in [1.29, 1.82) is 0 Å². The van der Waals surface area contributed by atoms with Gasteiger partial charge in [0.25, 0.3) is 0 Å². The Morgan fingerprint density at radius 1 is 1.21 bits per heavy atom. The molecule has 1 aliphatic heterocycles. The SMILES string of the molecule is CN=C(NCc1ccc(N2CCOCC2)c(F)c1)NCc1nc(C)c(C)o1.I. The largest absolute Gasteiger partial charge is 0.444 e. The van der Waals surface area contributed by atoms with E-state index in [2.05, 4.69) is 20.6 Å². The number of guanidine groups is 1. The summed E-state index contributed by atoms with van der Waals surface area (Å²) in [6.07, 6.45) is 0. The van der Waals surface area contributed by atoms with Crippen LogP contribution < -0.4 is 15.5 Å². The van der Waals surface area contributed by atoms with Crippen molar-refractivity contribution in [3.63, 3.8) is 0 Å². The molecule has 0 unspecified atom stereocenters. The van der Waals surface area contributed by atoms with Crippen LogP contribution in [0.5, 0.6) is 0 Å². The zero-order valence-corrected chi connectivity index (χ0v) is 18.7. The lowest BCUT2D eigenvalue weighted by atomic mass is 10.1. The number of hydrogen-bond acceptors (Lipinski definition) is 5. The normalized spacial score (nSPS) is 14.6. The fourth-order valence-corrected chi connectivity index (χ4v) is 2.90. The third-order valence-electron chi connectivity index (χ3n) is 4.53. The molecule has 9 heteroatoms. The van der Waals surface area contributed by atoms with Gasteiger partial charge in [-0.25, -0.2) is 9.37 Å². The van der Waals surface area contributed by atoms with Gasteiger partial charge in [-0.2, -0.15) is 0 Å². The number of ether oxygens (including phenoxy) is 1. The number of aromatic nitrogens is 1. The Bertz CT molecular complexity index is 786. The summed E-state index contributed by atoms with van der Waals surface area (Å²) in [7, 11) is 1.68. The van der Waals surface area contributed by atoms with E-state index in [1.165, 1.54) is 0 Å². The smallest absolute Gasteiger partial charge is 0.214 e. The van der Waals surface area contributed by atoms with Crippen LogP contribution in [-0.4, -0.2) is 44.3 Å². The zero-order chi connectivity index (χ0) is 19.2. The maximum atomic E-state index is 14.5. The lowest BCUT2D eigenvalue weighted by Gasteiger charge is -2.29. The molecular formula is C19H27FIN5O2. The molecule has 1 aromatic heterocycles. The summed E-state index contributed by atoms with van der Waals surface area (Å²) in [4.78, 5) is 10.5. The summed E-state index contributed by atoms with van der Waals surface area (Å²) in [5, 5.41) is 6.31. The number of halogens is 2. The van der Waals surface area contributed by atoms with Crippen LogP contribution in [-0.2, 0) is 17.8 Å². The molecule has 0 saturated carbocycles. The van der Waals surface area contributed by atoms with Gasteiger partial charge in [-0.1, -0.05) is 6.07 Å². The van der Waals surface area contributed by atoms with Crippen LogP contribution in [0.1, 0.15) is 22.9 Å². The Hall–Kier alpha value is -1.88. The first-order valence-corrected chi connectivity index (χ1v) is 9.05. The summed E-state index contributed by atoms with van der Waals surface area (Å²) >= 11 is 0. The number of rotatable bonds is 5. The van der Waals surface area contributed by atoms with Gasteiger partial charge in [-0.05, 0) is 31.5 Å². The lowest BCUT2D eigenvalue weighted by molar-refractivity contribution is 0.122. The van der Waals surface area contributed by atoms with E-state index in [9.17, 15) is 4.39 Å². The third-order valence-corrected chi connectivity index (χ3v) is 4.53. The van der Waals surface area contributed by atoms with E-state index in [0.29, 0.717) is 56.9 Å². The Morgan fingerprint density at radius 3 is 2.54 bits per heavy atom. The van der Waals surface area contributed by atoms with Crippen molar-refractivity contribution < 1.29 is 13.5 Å².